The Morgan fingerprint density at radius 1 is 1.04 bits per heavy atom. The molecular formula is C17H18BrClN3O2+. The molecule has 0 saturated heterocycles. The van der Waals surface area contributed by atoms with Crippen LogP contribution in [0.25, 0.3) is 0 Å². The largest absolute Gasteiger partial charge is 0.322 e. The minimum Gasteiger partial charge on any atom is -0.322 e. The van der Waals surface area contributed by atoms with Crippen LogP contribution in [0, 0.1) is 0 Å². The number of amides is 2. The minimum atomic E-state index is -0.177. The van der Waals surface area contributed by atoms with E-state index in [0.717, 1.165) is 9.37 Å². The maximum Gasteiger partial charge on any atom is 0.279 e. The number of anilines is 2. The van der Waals surface area contributed by atoms with Gasteiger partial charge in [0.15, 0.2) is 13.1 Å². The average Bonchev–Trinajstić information content (AvgIpc) is 2.49. The Morgan fingerprint density at radius 3 is 2.38 bits per heavy atom. The molecule has 0 aliphatic heterocycles. The summed E-state index contributed by atoms with van der Waals surface area (Å²) in [4.78, 5) is 24.8. The predicted molar refractivity (Wildman–Crippen MR) is 99.5 cm³/mol. The van der Waals surface area contributed by atoms with Gasteiger partial charge in [0.2, 0.25) is 0 Å². The monoisotopic (exact) mass is 410 g/mol. The molecule has 0 bridgehead atoms. The Bertz CT molecular complexity index is 739. The first-order chi connectivity index (χ1) is 11.4. The molecule has 5 nitrogen and oxygen atoms in total. The molecule has 0 saturated carbocycles. The summed E-state index contributed by atoms with van der Waals surface area (Å²) in [5.41, 5.74) is 1.34. The number of rotatable bonds is 6. The molecule has 2 aromatic rings. The Labute approximate surface area is 154 Å². The lowest BCUT2D eigenvalue weighted by atomic mass is 10.3. The number of para-hydroxylation sites is 1. The zero-order chi connectivity index (χ0) is 17.5. The normalized spacial score (nSPS) is 11.6. The summed E-state index contributed by atoms with van der Waals surface area (Å²) in [6, 6.07) is 14.3. The van der Waals surface area contributed by atoms with Gasteiger partial charge < -0.3 is 15.5 Å². The Balaban J connectivity index is 1.81. The molecule has 7 heteroatoms. The lowest BCUT2D eigenvalue weighted by molar-refractivity contribution is -0.862. The van der Waals surface area contributed by atoms with Gasteiger partial charge in [0.1, 0.15) is 0 Å². The van der Waals surface area contributed by atoms with Gasteiger partial charge in [-0.2, -0.15) is 0 Å². The number of benzene rings is 2. The number of quaternary nitrogens is 1. The van der Waals surface area contributed by atoms with E-state index in [0.29, 0.717) is 16.4 Å². The molecule has 0 radical (unpaired) electrons. The van der Waals surface area contributed by atoms with Crippen molar-refractivity contribution in [2.24, 2.45) is 0 Å². The summed E-state index contributed by atoms with van der Waals surface area (Å²) in [6.45, 7) is 0.361. The number of halogens is 2. The lowest BCUT2D eigenvalue weighted by Crippen LogP contribution is -3.11. The molecule has 0 aromatic heterocycles. The second-order valence-corrected chi connectivity index (χ2v) is 6.69. The first-order valence-electron chi connectivity index (χ1n) is 7.35. The Morgan fingerprint density at radius 2 is 1.71 bits per heavy atom. The van der Waals surface area contributed by atoms with E-state index >= 15 is 0 Å². The van der Waals surface area contributed by atoms with E-state index in [1.54, 1.807) is 31.3 Å². The predicted octanol–water partition coefficient (Wildman–Crippen LogP) is 2.19. The van der Waals surface area contributed by atoms with Crippen molar-refractivity contribution in [1.29, 1.82) is 0 Å². The number of carbonyl (C=O) groups is 2. The second kappa shape index (κ2) is 8.82. The van der Waals surface area contributed by atoms with Gasteiger partial charge in [0.05, 0.1) is 12.7 Å². The van der Waals surface area contributed by atoms with Crippen LogP contribution in [0.4, 0.5) is 11.4 Å². The fraction of sp³-hybridized carbons (Fsp3) is 0.176. The van der Waals surface area contributed by atoms with E-state index in [-0.39, 0.29) is 24.9 Å². The number of hydrogen-bond donors (Lipinski definition) is 3. The van der Waals surface area contributed by atoms with Crippen LogP contribution in [-0.4, -0.2) is 32.0 Å². The number of hydrogen-bond acceptors (Lipinski definition) is 2. The fourth-order valence-electron chi connectivity index (χ4n) is 2.14. The van der Waals surface area contributed by atoms with Crippen LogP contribution in [0.2, 0.25) is 5.02 Å². The highest BCUT2D eigenvalue weighted by Crippen LogP contribution is 2.20. The molecule has 126 valence electrons. The third-order valence-corrected chi connectivity index (χ3v) is 4.11. The molecule has 0 heterocycles. The number of carbonyl (C=O) groups excluding carboxylic acids is 2. The van der Waals surface area contributed by atoms with E-state index < -0.39 is 0 Å². The molecule has 0 aliphatic carbocycles. The van der Waals surface area contributed by atoms with E-state index in [1.165, 1.54) is 0 Å². The van der Waals surface area contributed by atoms with Crippen molar-refractivity contribution in [2.75, 3.05) is 30.8 Å². The van der Waals surface area contributed by atoms with Crippen LogP contribution >= 0.6 is 27.5 Å². The molecule has 1 unspecified atom stereocenters. The molecule has 0 aliphatic rings. The van der Waals surface area contributed by atoms with Gasteiger partial charge in [0, 0.05) is 15.2 Å². The zero-order valence-electron chi connectivity index (χ0n) is 13.1. The zero-order valence-corrected chi connectivity index (χ0v) is 15.4. The van der Waals surface area contributed by atoms with Crippen LogP contribution in [-0.2, 0) is 9.59 Å². The third kappa shape index (κ3) is 5.96. The quantitative estimate of drug-likeness (QED) is 0.682. The summed E-state index contributed by atoms with van der Waals surface area (Å²) in [5, 5.41) is 6.13. The molecule has 3 N–H and O–H groups in total. The highest BCUT2D eigenvalue weighted by molar-refractivity contribution is 9.10. The minimum absolute atomic E-state index is 0.157. The van der Waals surface area contributed by atoms with E-state index in [4.69, 9.17) is 11.6 Å². The number of nitrogens with one attached hydrogen (secondary N) is 3. The van der Waals surface area contributed by atoms with Crippen molar-refractivity contribution < 1.29 is 14.5 Å². The third-order valence-electron chi connectivity index (χ3n) is 3.18. The van der Waals surface area contributed by atoms with E-state index in [9.17, 15) is 9.59 Å². The fourth-order valence-corrected chi connectivity index (χ4v) is 2.71. The molecule has 1 atom stereocenters. The molecule has 0 spiro atoms. The van der Waals surface area contributed by atoms with E-state index in [2.05, 4.69) is 26.6 Å². The van der Waals surface area contributed by atoms with Crippen molar-refractivity contribution in [1.82, 2.24) is 0 Å². The van der Waals surface area contributed by atoms with Gasteiger partial charge in [-0.1, -0.05) is 29.8 Å². The molecule has 24 heavy (non-hydrogen) atoms. The van der Waals surface area contributed by atoms with Crippen molar-refractivity contribution in [2.45, 2.75) is 0 Å². The van der Waals surface area contributed by atoms with Crippen molar-refractivity contribution >= 4 is 50.7 Å². The standard InChI is InChI=1S/C17H17BrClN3O2/c1-22(10-16(23)20-13-6-4-5-12(19)9-13)11-17(24)21-15-8-3-2-7-14(15)18/h2-9H,10-11H2,1H3,(H,20,23)(H,21,24)/p+1. The first kappa shape index (κ1) is 18.4. The van der Waals surface area contributed by atoms with Gasteiger partial charge in [-0.3, -0.25) is 9.59 Å². The van der Waals surface area contributed by atoms with E-state index in [1.807, 2.05) is 24.3 Å². The first-order valence-corrected chi connectivity index (χ1v) is 8.52. The van der Waals surface area contributed by atoms with Crippen LogP contribution < -0.4 is 15.5 Å². The smallest absolute Gasteiger partial charge is 0.279 e. The SMILES string of the molecule is C[NH+](CC(=O)Nc1cccc(Cl)c1)CC(=O)Nc1ccccc1Br. The molecule has 2 amide bonds. The summed E-state index contributed by atoms with van der Waals surface area (Å²) >= 11 is 9.26. The summed E-state index contributed by atoms with van der Waals surface area (Å²) in [7, 11) is 1.79. The summed E-state index contributed by atoms with van der Waals surface area (Å²) in [5.74, 6) is -0.335. The van der Waals surface area contributed by atoms with Gasteiger partial charge in [-0.05, 0) is 46.3 Å². The van der Waals surface area contributed by atoms with Gasteiger partial charge >= 0.3 is 0 Å². The average molecular weight is 412 g/mol. The van der Waals surface area contributed by atoms with Crippen molar-refractivity contribution in [3.05, 3.63) is 58.0 Å². The summed E-state index contributed by atoms with van der Waals surface area (Å²) in [6.07, 6.45) is 0. The molecule has 0 fully saturated rings. The Kier molecular flexibility index (Phi) is 6.78. The number of likely N-dealkylation sites (N-methyl/N-ethyl adjacent to an activating group) is 1. The maximum absolute atomic E-state index is 12.1. The topological polar surface area (TPSA) is 62.6 Å². The van der Waals surface area contributed by atoms with Crippen LogP contribution in [0.15, 0.2) is 53.0 Å². The Hall–Kier alpha value is -1.89. The lowest BCUT2D eigenvalue weighted by Gasteiger charge is -2.14. The highest BCUT2D eigenvalue weighted by Gasteiger charge is 2.15. The van der Waals surface area contributed by atoms with Crippen molar-refractivity contribution in [3.8, 4) is 0 Å². The summed E-state index contributed by atoms with van der Waals surface area (Å²) < 4.78 is 0.815. The van der Waals surface area contributed by atoms with Gasteiger partial charge in [0.25, 0.3) is 11.8 Å². The van der Waals surface area contributed by atoms with Gasteiger partial charge in [-0.15, -0.1) is 0 Å². The van der Waals surface area contributed by atoms with Gasteiger partial charge in [-0.25, -0.2) is 0 Å². The van der Waals surface area contributed by atoms with Crippen LogP contribution in [0.1, 0.15) is 0 Å². The molecular weight excluding hydrogens is 394 g/mol. The van der Waals surface area contributed by atoms with Crippen molar-refractivity contribution in [3.63, 3.8) is 0 Å². The maximum atomic E-state index is 12.1. The molecule has 2 aromatic carbocycles. The molecule has 2 rings (SSSR count). The van der Waals surface area contributed by atoms with Crippen LogP contribution in [0.3, 0.4) is 0 Å². The second-order valence-electron chi connectivity index (χ2n) is 5.40. The van der Waals surface area contributed by atoms with Crippen LogP contribution in [0.5, 0.6) is 0 Å². The highest BCUT2D eigenvalue weighted by atomic mass is 79.9.